The molecule has 0 spiro atoms. The number of ether oxygens (including phenoxy) is 1. The average Bonchev–Trinajstić information content (AvgIpc) is 2.53. The summed E-state index contributed by atoms with van der Waals surface area (Å²) in [5.74, 6) is -1.31. The maximum atomic E-state index is 11.9. The van der Waals surface area contributed by atoms with E-state index in [1.54, 1.807) is 18.2 Å². The molecule has 0 aliphatic carbocycles. The molecule has 24 heavy (non-hydrogen) atoms. The van der Waals surface area contributed by atoms with E-state index in [4.69, 9.17) is 9.39 Å². The van der Waals surface area contributed by atoms with Gasteiger partial charge >= 0.3 is 13.1 Å². The Morgan fingerprint density at radius 3 is 2.83 bits per heavy atom. The minimum atomic E-state index is -1.28. The van der Waals surface area contributed by atoms with Gasteiger partial charge < -0.3 is 24.5 Å². The largest absolute Gasteiger partial charge is 0.547 e. The summed E-state index contributed by atoms with van der Waals surface area (Å²) in [6, 6.07) is 5.01. The van der Waals surface area contributed by atoms with E-state index >= 15 is 0 Å². The van der Waals surface area contributed by atoms with Gasteiger partial charge in [0.2, 0.25) is 5.91 Å². The number of alkyl halides is 1. The summed E-state index contributed by atoms with van der Waals surface area (Å²) in [5.41, 5.74) is 0.935. The van der Waals surface area contributed by atoms with Crippen molar-refractivity contribution in [2.45, 2.75) is 32.1 Å². The number of Topliss-reactive ketones (excluding diaryl/α,β-unsaturated/α-hetero) is 1. The second-order valence-electron chi connectivity index (χ2n) is 5.42. The van der Waals surface area contributed by atoms with Gasteiger partial charge in [0.1, 0.15) is 21.7 Å². The van der Waals surface area contributed by atoms with Crippen LogP contribution in [0.4, 0.5) is 0 Å². The number of carbonyl (C=O) groups is 3. The van der Waals surface area contributed by atoms with Gasteiger partial charge in [-0.1, -0.05) is 12.1 Å². The Kier molecular flexibility index (Phi) is 6.61. The van der Waals surface area contributed by atoms with Crippen LogP contribution in [-0.4, -0.2) is 40.4 Å². The van der Waals surface area contributed by atoms with E-state index in [2.05, 4.69) is 5.32 Å². The summed E-state index contributed by atoms with van der Waals surface area (Å²) in [4.78, 5) is 34.7. The summed E-state index contributed by atoms with van der Waals surface area (Å²) < 4.78 is 10.6. The quantitative estimate of drug-likeness (QED) is 0.294. The van der Waals surface area contributed by atoms with Gasteiger partial charge in [-0.2, -0.15) is 0 Å². The van der Waals surface area contributed by atoms with Gasteiger partial charge in [-0.3, -0.25) is 4.79 Å². The van der Waals surface area contributed by atoms with Crippen molar-refractivity contribution >= 4 is 47.4 Å². The fraction of sp³-hybridized carbons (Fsp3) is 0.400. The van der Waals surface area contributed by atoms with Gasteiger partial charge in [-0.25, -0.2) is 4.79 Å². The van der Waals surface area contributed by atoms with Gasteiger partial charge in [0.25, 0.3) is 0 Å². The molecule has 1 aliphatic heterocycles. The molecular formula is C15H17BINO6. The lowest BCUT2D eigenvalue weighted by molar-refractivity contribution is -0.124. The molecule has 1 aliphatic rings. The molecule has 2 N–H and O–H groups in total. The summed E-state index contributed by atoms with van der Waals surface area (Å²) in [5, 5.41) is 12.8. The Balaban J connectivity index is 2.10. The van der Waals surface area contributed by atoms with Crippen molar-refractivity contribution in [2.24, 2.45) is 0 Å². The number of amides is 1. The highest BCUT2D eigenvalue weighted by molar-refractivity contribution is 14.1. The van der Waals surface area contributed by atoms with Crippen LogP contribution >= 0.6 is 22.6 Å². The minimum Gasteiger partial charge on any atom is -0.534 e. The average molecular weight is 445 g/mol. The molecule has 128 valence electrons. The van der Waals surface area contributed by atoms with Crippen LogP contribution in [-0.2, 0) is 20.7 Å². The SMILES string of the molecule is CC(=O)CCC(=O)N[C@H]1Cc2cccc(C(=O)OCI)c2OB1O. The number of hydrogen-bond acceptors (Lipinski definition) is 6. The summed E-state index contributed by atoms with van der Waals surface area (Å²) in [6.45, 7) is 1.42. The topological polar surface area (TPSA) is 102 Å². The molecule has 0 saturated carbocycles. The number of halogens is 1. The molecule has 1 amide bonds. The number of rotatable bonds is 6. The molecule has 0 radical (unpaired) electrons. The second kappa shape index (κ2) is 8.47. The van der Waals surface area contributed by atoms with Gasteiger partial charge in [0.05, 0.1) is 5.94 Å². The highest BCUT2D eigenvalue weighted by Gasteiger charge is 2.37. The van der Waals surface area contributed by atoms with E-state index in [0.29, 0.717) is 12.0 Å². The van der Waals surface area contributed by atoms with Crippen molar-refractivity contribution in [2.75, 3.05) is 4.61 Å². The van der Waals surface area contributed by atoms with E-state index in [-0.39, 0.29) is 40.5 Å². The number of carbonyl (C=O) groups excluding carboxylic acids is 3. The smallest absolute Gasteiger partial charge is 0.534 e. The van der Waals surface area contributed by atoms with Crippen LogP contribution in [0.25, 0.3) is 0 Å². The molecular weight excluding hydrogens is 428 g/mol. The van der Waals surface area contributed by atoms with E-state index in [1.807, 2.05) is 22.6 Å². The van der Waals surface area contributed by atoms with E-state index in [0.717, 1.165) is 0 Å². The van der Waals surface area contributed by atoms with Gasteiger partial charge in [0, 0.05) is 12.8 Å². The van der Waals surface area contributed by atoms with Crippen LogP contribution in [0.3, 0.4) is 0 Å². The number of para-hydroxylation sites is 1. The number of hydrogen-bond donors (Lipinski definition) is 2. The molecule has 1 atom stereocenters. The van der Waals surface area contributed by atoms with Crippen molar-refractivity contribution in [1.29, 1.82) is 0 Å². The lowest BCUT2D eigenvalue weighted by Gasteiger charge is -2.29. The zero-order valence-corrected chi connectivity index (χ0v) is 15.2. The summed E-state index contributed by atoms with van der Waals surface area (Å²) in [6.07, 6.45) is 0.527. The number of benzene rings is 1. The molecule has 0 aromatic heterocycles. The third kappa shape index (κ3) is 4.70. The zero-order valence-electron chi connectivity index (χ0n) is 13.1. The van der Waals surface area contributed by atoms with Crippen molar-refractivity contribution < 1.29 is 28.8 Å². The molecule has 1 aromatic carbocycles. The highest BCUT2D eigenvalue weighted by atomic mass is 127. The molecule has 0 bridgehead atoms. The molecule has 0 saturated heterocycles. The maximum absolute atomic E-state index is 11.9. The van der Waals surface area contributed by atoms with Crippen LogP contribution in [0.5, 0.6) is 5.75 Å². The number of ketones is 1. The molecule has 7 nitrogen and oxygen atoms in total. The predicted octanol–water partition coefficient (Wildman–Crippen LogP) is 1.04. The first-order valence-electron chi connectivity index (χ1n) is 7.41. The standard InChI is InChI=1S/C15H17BINO6/c1-9(19)5-6-13(20)18-12-7-10-3-2-4-11(15(21)23-8-17)14(10)24-16(12)22/h2-4,12,22H,5-8H2,1H3,(H,18,20)/t12-/m0/s1. The van der Waals surface area contributed by atoms with Crippen molar-refractivity contribution in [3.8, 4) is 5.75 Å². The van der Waals surface area contributed by atoms with Crippen LogP contribution in [0, 0.1) is 0 Å². The molecule has 0 fully saturated rings. The van der Waals surface area contributed by atoms with Crippen molar-refractivity contribution in [1.82, 2.24) is 5.32 Å². The maximum Gasteiger partial charge on any atom is 0.547 e. The number of nitrogens with one attached hydrogen (secondary N) is 1. The molecule has 1 heterocycles. The van der Waals surface area contributed by atoms with E-state index < -0.39 is 19.0 Å². The highest BCUT2D eigenvalue weighted by Crippen LogP contribution is 2.30. The van der Waals surface area contributed by atoms with Gasteiger partial charge in [-0.15, -0.1) is 0 Å². The summed E-state index contributed by atoms with van der Waals surface area (Å²) in [7, 11) is -1.28. The molecule has 2 rings (SSSR count). The van der Waals surface area contributed by atoms with Gasteiger partial charge in [-0.05, 0) is 47.6 Å². The van der Waals surface area contributed by atoms with E-state index in [9.17, 15) is 19.4 Å². The first-order chi connectivity index (χ1) is 11.4. The van der Waals surface area contributed by atoms with Gasteiger partial charge in [0.15, 0.2) is 0 Å². The third-order valence-electron chi connectivity index (χ3n) is 3.58. The first-order valence-corrected chi connectivity index (χ1v) is 8.93. The Labute approximate surface area is 153 Å². The van der Waals surface area contributed by atoms with E-state index in [1.165, 1.54) is 6.92 Å². The summed E-state index contributed by atoms with van der Waals surface area (Å²) >= 11 is 1.91. The molecule has 1 aromatic rings. The van der Waals surface area contributed by atoms with Crippen molar-refractivity contribution in [3.63, 3.8) is 0 Å². The lowest BCUT2D eigenvalue weighted by Crippen LogP contribution is -2.53. The van der Waals surface area contributed by atoms with Crippen molar-refractivity contribution in [3.05, 3.63) is 29.3 Å². The van der Waals surface area contributed by atoms with Crippen LogP contribution in [0.15, 0.2) is 18.2 Å². The number of fused-ring (bicyclic) bond motifs is 1. The number of esters is 1. The zero-order chi connectivity index (χ0) is 17.7. The Morgan fingerprint density at radius 1 is 1.42 bits per heavy atom. The predicted molar refractivity (Wildman–Crippen MR) is 94.9 cm³/mol. The lowest BCUT2D eigenvalue weighted by atomic mass is 9.72. The fourth-order valence-corrected chi connectivity index (χ4v) is 2.69. The van der Waals surface area contributed by atoms with Crippen LogP contribution in [0.2, 0.25) is 0 Å². The fourth-order valence-electron chi connectivity index (χ4n) is 2.40. The monoisotopic (exact) mass is 445 g/mol. The second-order valence-corrected chi connectivity index (χ2v) is 6.05. The minimum absolute atomic E-state index is 0.0629. The Morgan fingerprint density at radius 2 is 2.17 bits per heavy atom. The molecule has 9 heteroatoms. The Bertz CT molecular complexity index is 653. The first kappa shape index (κ1) is 18.7. The Hall–Kier alpha value is -1.62. The normalized spacial score (nSPS) is 16.0. The molecule has 0 unspecified atom stereocenters. The van der Waals surface area contributed by atoms with Crippen LogP contribution < -0.4 is 9.97 Å². The van der Waals surface area contributed by atoms with Crippen LogP contribution in [0.1, 0.15) is 35.7 Å². The third-order valence-corrected chi connectivity index (χ3v) is 3.89.